The number of amides is 3. The lowest BCUT2D eigenvalue weighted by molar-refractivity contribution is -0.136. The molecule has 0 radical (unpaired) electrons. The molecule has 1 aromatic carbocycles. The number of imide groups is 1. The number of rotatable bonds is 6. The third-order valence-electron chi connectivity index (χ3n) is 3.90. The number of hydrogen-bond donors (Lipinski definition) is 1. The van der Waals surface area contributed by atoms with Gasteiger partial charge in [0.25, 0.3) is 5.91 Å². The van der Waals surface area contributed by atoms with Crippen molar-refractivity contribution in [1.29, 1.82) is 0 Å². The highest BCUT2D eigenvalue weighted by atomic mass is 32.1. The highest BCUT2D eigenvalue weighted by molar-refractivity contribution is 7.09. The van der Waals surface area contributed by atoms with E-state index in [1.54, 1.807) is 35.6 Å². The fraction of sp³-hybridized carbons (Fsp3) is 0.333. The molecule has 2 heterocycles. The molecule has 0 saturated carbocycles. The topological polar surface area (TPSA) is 97.8 Å². The van der Waals surface area contributed by atoms with Crippen LogP contribution in [0.2, 0.25) is 0 Å². The van der Waals surface area contributed by atoms with Crippen LogP contribution >= 0.6 is 11.3 Å². The number of urea groups is 1. The number of nitrogens with one attached hydrogen (secondary N) is 1. The Morgan fingerprint density at radius 2 is 2.07 bits per heavy atom. The van der Waals surface area contributed by atoms with Crippen LogP contribution in [-0.4, -0.2) is 47.0 Å². The molecule has 1 fully saturated rings. The van der Waals surface area contributed by atoms with Crippen LogP contribution < -0.4 is 10.1 Å². The van der Waals surface area contributed by atoms with E-state index in [0.29, 0.717) is 18.9 Å². The molecule has 1 saturated heterocycles. The molecule has 2 aromatic rings. The second kappa shape index (κ2) is 8.17. The number of carbonyl (C=O) groups is 3. The number of benzene rings is 1. The van der Waals surface area contributed by atoms with E-state index in [4.69, 9.17) is 9.47 Å². The Kier molecular flexibility index (Phi) is 5.70. The van der Waals surface area contributed by atoms with E-state index in [-0.39, 0.29) is 12.1 Å². The Morgan fingerprint density at radius 3 is 2.67 bits per heavy atom. The quantitative estimate of drug-likeness (QED) is 0.760. The van der Waals surface area contributed by atoms with Gasteiger partial charge in [-0.25, -0.2) is 14.6 Å². The summed E-state index contributed by atoms with van der Waals surface area (Å²) in [5.41, 5.74) is 1.14. The van der Waals surface area contributed by atoms with E-state index in [1.165, 1.54) is 6.92 Å². The molecule has 3 amide bonds. The monoisotopic (exact) mass is 389 g/mol. The van der Waals surface area contributed by atoms with Crippen molar-refractivity contribution in [2.45, 2.75) is 26.6 Å². The predicted octanol–water partition coefficient (Wildman–Crippen LogP) is 2.13. The van der Waals surface area contributed by atoms with Gasteiger partial charge in [-0.15, -0.1) is 11.3 Å². The summed E-state index contributed by atoms with van der Waals surface area (Å²) >= 11 is 1.55. The maximum absolute atomic E-state index is 12.2. The van der Waals surface area contributed by atoms with Crippen molar-refractivity contribution in [2.75, 3.05) is 13.1 Å². The van der Waals surface area contributed by atoms with Gasteiger partial charge in [0.2, 0.25) is 0 Å². The lowest BCUT2D eigenvalue weighted by atomic mass is 10.2. The minimum absolute atomic E-state index is 0.268. The van der Waals surface area contributed by atoms with Crippen LogP contribution in [0.1, 0.15) is 28.0 Å². The van der Waals surface area contributed by atoms with Crippen LogP contribution in [0.5, 0.6) is 5.75 Å². The number of hydrogen-bond acceptors (Lipinski definition) is 7. The predicted molar refractivity (Wildman–Crippen MR) is 97.6 cm³/mol. The lowest BCUT2D eigenvalue weighted by Gasteiger charge is -2.18. The first-order valence-electron chi connectivity index (χ1n) is 8.38. The molecule has 1 atom stereocenters. The summed E-state index contributed by atoms with van der Waals surface area (Å²) in [5, 5.41) is 5.43. The minimum atomic E-state index is -1.05. The Labute approximate surface area is 160 Å². The number of esters is 1. The van der Waals surface area contributed by atoms with Gasteiger partial charge in [-0.2, -0.15) is 0 Å². The van der Waals surface area contributed by atoms with Crippen LogP contribution in [0.25, 0.3) is 0 Å². The van der Waals surface area contributed by atoms with Crippen molar-refractivity contribution in [1.82, 2.24) is 15.2 Å². The molecule has 27 heavy (non-hydrogen) atoms. The van der Waals surface area contributed by atoms with Crippen molar-refractivity contribution in [3.05, 3.63) is 45.9 Å². The number of carbonyl (C=O) groups excluding carboxylic acids is 3. The molecule has 3 rings (SSSR count). The largest absolute Gasteiger partial charge is 0.487 e. The minimum Gasteiger partial charge on any atom is -0.487 e. The molecule has 1 aromatic heterocycles. The normalized spacial score (nSPS) is 14.6. The standard InChI is InChI=1S/C18H19N3O5S/c1-11(16(22)21-8-7-19-18(21)24)26-17(23)13-3-5-15(6-4-13)25-9-14-10-27-12(2)20-14/h3-6,10-11H,7-9H2,1-2H3,(H,19,24). The molecule has 9 heteroatoms. The zero-order valence-corrected chi connectivity index (χ0v) is 15.7. The van der Waals surface area contributed by atoms with Crippen LogP contribution in [0.15, 0.2) is 29.6 Å². The molecule has 1 N–H and O–H groups in total. The van der Waals surface area contributed by atoms with Gasteiger partial charge in [0.1, 0.15) is 12.4 Å². The molecule has 8 nitrogen and oxygen atoms in total. The Hall–Kier alpha value is -2.94. The lowest BCUT2D eigenvalue weighted by Crippen LogP contribution is -2.41. The number of aryl methyl sites for hydroxylation is 1. The van der Waals surface area contributed by atoms with Gasteiger partial charge in [0, 0.05) is 18.5 Å². The van der Waals surface area contributed by atoms with Crippen LogP contribution in [0, 0.1) is 6.92 Å². The number of thiazole rings is 1. The molecule has 0 bridgehead atoms. The SMILES string of the molecule is Cc1nc(COc2ccc(C(=O)OC(C)C(=O)N3CCNC3=O)cc2)cs1. The highest BCUT2D eigenvalue weighted by Gasteiger charge is 2.31. The second-order valence-electron chi connectivity index (χ2n) is 5.94. The smallest absolute Gasteiger partial charge is 0.338 e. The fourth-order valence-electron chi connectivity index (χ4n) is 2.50. The van der Waals surface area contributed by atoms with Gasteiger partial charge >= 0.3 is 12.0 Å². The van der Waals surface area contributed by atoms with Gasteiger partial charge in [0.15, 0.2) is 6.10 Å². The first kappa shape index (κ1) is 18.8. The van der Waals surface area contributed by atoms with Crippen molar-refractivity contribution >= 4 is 29.2 Å². The van der Waals surface area contributed by atoms with E-state index in [9.17, 15) is 14.4 Å². The molecule has 0 aliphatic carbocycles. The van der Waals surface area contributed by atoms with Crippen molar-refractivity contribution in [3.8, 4) is 5.75 Å². The number of ether oxygens (including phenoxy) is 2. The van der Waals surface area contributed by atoms with Crippen LogP contribution in [0.4, 0.5) is 4.79 Å². The van der Waals surface area contributed by atoms with E-state index in [0.717, 1.165) is 15.6 Å². The Morgan fingerprint density at radius 1 is 1.33 bits per heavy atom. The zero-order valence-electron chi connectivity index (χ0n) is 14.9. The van der Waals surface area contributed by atoms with Crippen LogP contribution in [-0.2, 0) is 16.1 Å². The maximum atomic E-state index is 12.2. The van der Waals surface area contributed by atoms with Crippen molar-refractivity contribution in [2.24, 2.45) is 0 Å². The van der Waals surface area contributed by atoms with Gasteiger partial charge in [-0.05, 0) is 38.1 Å². The molecule has 0 spiro atoms. The van der Waals surface area contributed by atoms with Gasteiger partial charge in [0.05, 0.1) is 16.3 Å². The highest BCUT2D eigenvalue weighted by Crippen LogP contribution is 2.17. The first-order valence-corrected chi connectivity index (χ1v) is 9.26. The molecule has 1 unspecified atom stereocenters. The van der Waals surface area contributed by atoms with Gasteiger partial charge < -0.3 is 14.8 Å². The summed E-state index contributed by atoms with van der Waals surface area (Å²) in [6.45, 7) is 4.38. The Balaban J connectivity index is 1.53. The summed E-state index contributed by atoms with van der Waals surface area (Å²) in [6, 6.07) is 5.94. The van der Waals surface area contributed by atoms with E-state index < -0.39 is 24.0 Å². The maximum Gasteiger partial charge on any atom is 0.338 e. The first-order chi connectivity index (χ1) is 12.9. The fourth-order valence-corrected chi connectivity index (χ4v) is 3.10. The molecule has 142 valence electrons. The van der Waals surface area contributed by atoms with E-state index in [1.807, 2.05) is 12.3 Å². The van der Waals surface area contributed by atoms with Gasteiger partial charge in [-0.3, -0.25) is 9.69 Å². The zero-order chi connectivity index (χ0) is 19.4. The summed E-state index contributed by atoms with van der Waals surface area (Å²) in [6.07, 6.45) is -1.05. The van der Waals surface area contributed by atoms with Crippen LogP contribution in [0.3, 0.4) is 0 Å². The summed E-state index contributed by atoms with van der Waals surface area (Å²) in [7, 11) is 0. The summed E-state index contributed by atoms with van der Waals surface area (Å²) in [4.78, 5) is 41.2. The average Bonchev–Trinajstić information content (AvgIpc) is 3.27. The van der Waals surface area contributed by atoms with Crippen molar-refractivity contribution in [3.63, 3.8) is 0 Å². The number of nitrogens with zero attached hydrogens (tertiary/aromatic N) is 2. The van der Waals surface area contributed by atoms with Crippen molar-refractivity contribution < 1.29 is 23.9 Å². The number of aromatic nitrogens is 1. The molecular formula is C18H19N3O5S. The summed E-state index contributed by atoms with van der Waals surface area (Å²) in [5.74, 6) is -0.593. The summed E-state index contributed by atoms with van der Waals surface area (Å²) < 4.78 is 10.8. The van der Waals surface area contributed by atoms with Gasteiger partial charge in [-0.1, -0.05) is 0 Å². The second-order valence-corrected chi connectivity index (χ2v) is 7.00. The van der Waals surface area contributed by atoms with E-state index >= 15 is 0 Å². The third kappa shape index (κ3) is 4.62. The third-order valence-corrected chi connectivity index (χ3v) is 4.72. The molecule has 1 aliphatic rings. The molecule has 1 aliphatic heterocycles. The molecular weight excluding hydrogens is 370 g/mol. The van der Waals surface area contributed by atoms with E-state index in [2.05, 4.69) is 10.3 Å². The Bertz CT molecular complexity index is 849. The average molecular weight is 389 g/mol.